The minimum Gasteiger partial charge on any atom is -0.390 e. The second kappa shape index (κ2) is 9.72. The van der Waals surface area contributed by atoms with E-state index in [9.17, 15) is 15.0 Å². The number of anilines is 1. The lowest BCUT2D eigenvalue weighted by atomic mass is 10.1. The van der Waals surface area contributed by atoms with Crippen LogP contribution in [0.4, 0.5) is 10.2 Å². The van der Waals surface area contributed by atoms with E-state index in [2.05, 4.69) is 25.4 Å². The highest BCUT2D eigenvalue weighted by atomic mass is 19.1. The number of aliphatic hydroxyl groups excluding tert-OH is 2. The Morgan fingerprint density at radius 2 is 2.06 bits per heavy atom. The molecule has 4 aromatic rings. The molecular weight excluding hydrogens is 453 g/mol. The summed E-state index contributed by atoms with van der Waals surface area (Å²) in [6, 6.07) is 8.61. The standard InChI is InChI=1S/C24H24FN7O3/c25-21-22(15-6-7-17(13-33)26-10-15)29-23(18-11-27-32-9-2-1-5-19(18)32)30-24(21)28-16-4-3-8-31(12-16)20(35)14-34/h1-2,5-7,9-11,16,33-34H,3-4,8,12-14H2,(H,28,29,30)/t16-/m1/s1. The molecule has 35 heavy (non-hydrogen) atoms. The number of nitrogens with zero attached hydrogens (tertiary/aromatic N) is 6. The highest BCUT2D eigenvalue weighted by Gasteiger charge is 2.26. The molecule has 1 amide bonds. The fourth-order valence-corrected chi connectivity index (χ4v) is 4.23. The van der Waals surface area contributed by atoms with Gasteiger partial charge in [-0.05, 0) is 37.1 Å². The predicted octanol–water partition coefficient (Wildman–Crippen LogP) is 1.88. The van der Waals surface area contributed by atoms with Gasteiger partial charge in [0.05, 0.1) is 29.6 Å². The number of piperidine rings is 1. The van der Waals surface area contributed by atoms with Gasteiger partial charge in [-0.3, -0.25) is 9.78 Å². The van der Waals surface area contributed by atoms with Gasteiger partial charge in [-0.1, -0.05) is 6.07 Å². The normalized spacial score (nSPS) is 16.0. The van der Waals surface area contributed by atoms with Gasteiger partial charge in [0.25, 0.3) is 0 Å². The zero-order chi connectivity index (χ0) is 24.4. The fourth-order valence-electron chi connectivity index (χ4n) is 4.23. The Morgan fingerprint density at radius 3 is 2.83 bits per heavy atom. The van der Waals surface area contributed by atoms with Crippen LogP contribution in [-0.2, 0) is 11.4 Å². The summed E-state index contributed by atoms with van der Waals surface area (Å²) in [4.78, 5) is 26.7. The minimum absolute atomic E-state index is 0.00909. The summed E-state index contributed by atoms with van der Waals surface area (Å²) < 4.78 is 17.4. The lowest BCUT2D eigenvalue weighted by Crippen LogP contribution is -2.46. The number of nitrogens with one attached hydrogen (secondary N) is 1. The Hall–Kier alpha value is -3.96. The molecule has 0 aliphatic carbocycles. The van der Waals surface area contributed by atoms with E-state index in [1.807, 2.05) is 18.2 Å². The van der Waals surface area contributed by atoms with Gasteiger partial charge in [0, 0.05) is 37.1 Å². The molecule has 11 heteroatoms. The second-order valence-electron chi connectivity index (χ2n) is 8.32. The Labute approximate surface area is 200 Å². The van der Waals surface area contributed by atoms with Crippen LogP contribution in [0.1, 0.15) is 18.5 Å². The van der Waals surface area contributed by atoms with Crippen LogP contribution in [0.25, 0.3) is 28.2 Å². The number of aliphatic hydroxyl groups is 2. The summed E-state index contributed by atoms with van der Waals surface area (Å²) in [5.74, 6) is -0.706. The number of carbonyl (C=O) groups excluding carboxylic acids is 1. The van der Waals surface area contributed by atoms with Gasteiger partial charge in [-0.25, -0.2) is 18.9 Å². The van der Waals surface area contributed by atoms with Crippen LogP contribution in [0.2, 0.25) is 0 Å². The molecule has 5 rings (SSSR count). The van der Waals surface area contributed by atoms with Crippen molar-refractivity contribution in [3.63, 3.8) is 0 Å². The Bertz CT molecular complexity index is 1360. The van der Waals surface area contributed by atoms with Gasteiger partial charge in [-0.15, -0.1) is 0 Å². The number of likely N-dealkylation sites (tertiary alicyclic amines) is 1. The molecule has 3 N–H and O–H groups in total. The SMILES string of the molecule is O=C(CO)N1CCC[C@@H](Nc2nc(-c3cnn4ccccc34)nc(-c3ccc(CO)nc3)c2F)C1. The van der Waals surface area contributed by atoms with Gasteiger partial charge in [0.2, 0.25) is 5.91 Å². The molecule has 180 valence electrons. The monoisotopic (exact) mass is 477 g/mol. The molecule has 0 unspecified atom stereocenters. The molecule has 10 nitrogen and oxygen atoms in total. The van der Waals surface area contributed by atoms with Crippen LogP contribution in [0.15, 0.2) is 48.9 Å². The Kier molecular flexibility index (Phi) is 6.34. The molecule has 1 atom stereocenters. The Balaban J connectivity index is 1.57. The van der Waals surface area contributed by atoms with Gasteiger partial charge in [0.15, 0.2) is 17.5 Å². The molecule has 0 spiro atoms. The van der Waals surface area contributed by atoms with Crippen molar-refractivity contribution in [1.29, 1.82) is 0 Å². The van der Waals surface area contributed by atoms with Gasteiger partial charge in [-0.2, -0.15) is 5.10 Å². The number of hydrogen-bond donors (Lipinski definition) is 3. The van der Waals surface area contributed by atoms with Crippen molar-refractivity contribution in [3.05, 3.63) is 60.4 Å². The highest BCUT2D eigenvalue weighted by Crippen LogP contribution is 2.31. The molecule has 0 radical (unpaired) electrons. The van der Waals surface area contributed by atoms with Crippen molar-refractivity contribution in [2.24, 2.45) is 0 Å². The smallest absolute Gasteiger partial charge is 0.248 e. The molecule has 4 aromatic heterocycles. The molecule has 0 saturated carbocycles. The predicted molar refractivity (Wildman–Crippen MR) is 126 cm³/mol. The number of hydrogen-bond acceptors (Lipinski definition) is 8. The van der Waals surface area contributed by atoms with Crippen LogP contribution in [0.5, 0.6) is 0 Å². The van der Waals surface area contributed by atoms with Crippen molar-refractivity contribution in [2.75, 3.05) is 25.0 Å². The summed E-state index contributed by atoms with van der Waals surface area (Å²) in [6.45, 7) is 0.0920. The van der Waals surface area contributed by atoms with E-state index in [1.165, 1.54) is 6.20 Å². The molecule has 1 saturated heterocycles. The molecule has 0 aromatic carbocycles. The number of pyridine rings is 2. The molecule has 5 heterocycles. The molecular formula is C24H24FN7O3. The van der Waals surface area contributed by atoms with Gasteiger partial charge >= 0.3 is 0 Å². The molecule has 1 aliphatic rings. The van der Waals surface area contributed by atoms with E-state index in [1.54, 1.807) is 33.9 Å². The summed E-state index contributed by atoms with van der Waals surface area (Å²) in [5.41, 5.74) is 2.35. The zero-order valence-electron chi connectivity index (χ0n) is 18.8. The molecule has 0 bridgehead atoms. The Morgan fingerprint density at radius 1 is 1.17 bits per heavy atom. The van der Waals surface area contributed by atoms with Crippen LogP contribution in [0, 0.1) is 5.82 Å². The van der Waals surface area contributed by atoms with E-state index in [-0.39, 0.29) is 35.9 Å². The average molecular weight is 478 g/mol. The van der Waals surface area contributed by atoms with Crippen LogP contribution in [0.3, 0.4) is 0 Å². The van der Waals surface area contributed by atoms with Crippen LogP contribution in [-0.4, -0.2) is 71.3 Å². The number of aromatic nitrogens is 5. The van der Waals surface area contributed by atoms with Crippen LogP contribution >= 0.6 is 0 Å². The summed E-state index contributed by atoms with van der Waals surface area (Å²) in [5, 5.41) is 26.0. The lowest BCUT2D eigenvalue weighted by Gasteiger charge is -2.33. The largest absolute Gasteiger partial charge is 0.390 e. The number of amides is 1. The maximum atomic E-state index is 15.7. The second-order valence-corrected chi connectivity index (χ2v) is 8.32. The first-order valence-corrected chi connectivity index (χ1v) is 11.3. The third-order valence-corrected chi connectivity index (χ3v) is 6.03. The number of fused-ring (bicyclic) bond motifs is 1. The first-order valence-electron chi connectivity index (χ1n) is 11.3. The fraction of sp³-hybridized carbons (Fsp3) is 0.292. The third-order valence-electron chi connectivity index (χ3n) is 6.03. The summed E-state index contributed by atoms with van der Waals surface area (Å²) >= 11 is 0. The average Bonchev–Trinajstić information content (AvgIpc) is 3.34. The van der Waals surface area contributed by atoms with E-state index in [0.29, 0.717) is 36.3 Å². The maximum absolute atomic E-state index is 15.7. The zero-order valence-corrected chi connectivity index (χ0v) is 18.8. The van der Waals surface area contributed by atoms with Gasteiger partial charge in [0.1, 0.15) is 12.3 Å². The first-order chi connectivity index (χ1) is 17.1. The number of rotatable bonds is 6. The van der Waals surface area contributed by atoms with Crippen LogP contribution < -0.4 is 5.32 Å². The van der Waals surface area contributed by atoms with E-state index >= 15 is 4.39 Å². The van der Waals surface area contributed by atoms with Crippen molar-refractivity contribution in [3.8, 4) is 22.6 Å². The van der Waals surface area contributed by atoms with Crippen molar-refractivity contribution < 1.29 is 19.4 Å². The molecule has 1 aliphatic heterocycles. The maximum Gasteiger partial charge on any atom is 0.248 e. The van der Waals surface area contributed by atoms with Crippen molar-refractivity contribution in [2.45, 2.75) is 25.5 Å². The molecule has 1 fully saturated rings. The number of halogens is 1. The van der Waals surface area contributed by atoms with Crippen molar-refractivity contribution in [1.82, 2.24) is 29.5 Å². The van der Waals surface area contributed by atoms with E-state index in [4.69, 9.17) is 0 Å². The van der Waals surface area contributed by atoms with Gasteiger partial charge < -0.3 is 20.4 Å². The minimum atomic E-state index is -0.644. The summed E-state index contributed by atoms with van der Waals surface area (Å²) in [6.07, 6.45) is 6.33. The topological polar surface area (TPSA) is 129 Å². The lowest BCUT2D eigenvalue weighted by molar-refractivity contribution is -0.135. The first kappa shape index (κ1) is 22.8. The van der Waals surface area contributed by atoms with Crippen molar-refractivity contribution >= 4 is 17.2 Å². The third kappa shape index (κ3) is 4.55. The quantitative estimate of drug-likeness (QED) is 0.384. The summed E-state index contributed by atoms with van der Waals surface area (Å²) in [7, 11) is 0. The van der Waals surface area contributed by atoms with E-state index < -0.39 is 12.4 Å². The highest BCUT2D eigenvalue weighted by molar-refractivity contribution is 5.78. The number of carbonyl (C=O) groups is 1. The van der Waals surface area contributed by atoms with E-state index in [0.717, 1.165) is 11.9 Å².